The minimum atomic E-state index is -1.43. The molecule has 1 aromatic carbocycles. The lowest BCUT2D eigenvalue weighted by Crippen LogP contribution is -2.41. The molecule has 0 bridgehead atoms. The normalized spacial score (nSPS) is 13.5. The fraction of sp³-hybridized carbons (Fsp3) is 0.118. The Bertz CT molecular complexity index is 750. The molecule has 2 aromatic heterocycles. The molecule has 2 N–H and O–H groups in total. The zero-order valence-electron chi connectivity index (χ0n) is 12.0. The molecule has 23 heavy (non-hydrogen) atoms. The van der Waals surface area contributed by atoms with Gasteiger partial charge >= 0.3 is 0 Å². The molecule has 0 aliphatic rings. The fourth-order valence-corrected chi connectivity index (χ4v) is 3.24. The number of furan rings is 1. The number of aliphatic hydroxyl groups is 1. The highest BCUT2D eigenvalue weighted by atomic mass is 35.5. The SMILES string of the molecule is O=C(NC[C@@](O)(c1ccsc1)c1ccco1)c1ccccc1Cl. The van der Waals surface area contributed by atoms with Crippen molar-refractivity contribution in [1.29, 1.82) is 0 Å². The highest BCUT2D eigenvalue weighted by Crippen LogP contribution is 2.31. The van der Waals surface area contributed by atoms with Gasteiger partial charge in [0.25, 0.3) is 5.91 Å². The Morgan fingerprint density at radius 1 is 1.26 bits per heavy atom. The first-order valence-electron chi connectivity index (χ1n) is 6.93. The van der Waals surface area contributed by atoms with E-state index in [0.717, 1.165) is 0 Å². The van der Waals surface area contributed by atoms with Gasteiger partial charge in [-0.3, -0.25) is 4.79 Å². The van der Waals surface area contributed by atoms with E-state index in [0.29, 0.717) is 21.9 Å². The Hall–Kier alpha value is -2.08. The van der Waals surface area contributed by atoms with Crippen molar-refractivity contribution in [3.05, 3.63) is 81.4 Å². The zero-order chi connectivity index (χ0) is 16.3. The Kier molecular flexibility index (Phi) is 4.52. The van der Waals surface area contributed by atoms with E-state index in [9.17, 15) is 9.90 Å². The molecule has 118 valence electrons. The van der Waals surface area contributed by atoms with Gasteiger partial charge in [0.2, 0.25) is 0 Å². The summed E-state index contributed by atoms with van der Waals surface area (Å²) in [6.07, 6.45) is 1.49. The molecule has 0 aliphatic heterocycles. The lowest BCUT2D eigenvalue weighted by molar-refractivity contribution is 0.0528. The number of carbonyl (C=O) groups excluding carboxylic acids is 1. The number of rotatable bonds is 5. The predicted molar refractivity (Wildman–Crippen MR) is 89.8 cm³/mol. The van der Waals surface area contributed by atoms with Crippen molar-refractivity contribution in [2.24, 2.45) is 0 Å². The largest absolute Gasteiger partial charge is 0.466 e. The van der Waals surface area contributed by atoms with E-state index >= 15 is 0 Å². The van der Waals surface area contributed by atoms with E-state index in [1.54, 1.807) is 42.5 Å². The molecule has 2 heterocycles. The summed E-state index contributed by atoms with van der Waals surface area (Å²) in [5.74, 6) is 0.0196. The van der Waals surface area contributed by atoms with Crippen LogP contribution in [-0.2, 0) is 5.60 Å². The van der Waals surface area contributed by atoms with Gasteiger partial charge in [-0.05, 0) is 41.1 Å². The highest BCUT2D eigenvalue weighted by Gasteiger charge is 2.35. The first-order valence-corrected chi connectivity index (χ1v) is 8.25. The van der Waals surface area contributed by atoms with Gasteiger partial charge in [-0.15, -0.1) is 0 Å². The van der Waals surface area contributed by atoms with Gasteiger partial charge in [0.15, 0.2) is 5.60 Å². The van der Waals surface area contributed by atoms with Crippen molar-refractivity contribution in [3.8, 4) is 0 Å². The fourth-order valence-electron chi connectivity index (χ4n) is 2.29. The van der Waals surface area contributed by atoms with E-state index in [-0.39, 0.29) is 12.5 Å². The lowest BCUT2D eigenvalue weighted by atomic mass is 9.93. The molecule has 4 nitrogen and oxygen atoms in total. The predicted octanol–water partition coefficient (Wildman–Crippen LogP) is 3.66. The third-order valence-electron chi connectivity index (χ3n) is 3.55. The van der Waals surface area contributed by atoms with Gasteiger partial charge in [-0.2, -0.15) is 11.3 Å². The highest BCUT2D eigenvalue weighted by molar-refractivity contribution is 7.08. The Balaban J connectivity index is 1.84. The number of carbonyl (C=O) groups is 1. The second-order valence-corrected chi connectivity index (χ2v) is 6.20. The first-order chi connectivity index (χ1) is 11.1. The molecule has 1 amide bonds. The van der Waals surface area contributed by atoms with Crippen LogP contribution in [0.3, 0.4) is 0 Å². The summed E-state index contributed by atoms with van der Waals surface area (Å²) in [5, 5.41) is 17.8. The van der Waals surface area contributed by atoms with Crippen molar-refractivity contribution in [1.82, 2.24) is 5.32 Å². The molecule has 6 heteroatoms. The molecule has 0 radical (unpaired) electrons. The van der Waals surface area contributed by atoms with Crippen LogP contribution in [0, 0.1) is 0 Å². The van der Waals surface area contributed by atoms with Crippen molar-refractivity contribution in [2.45, 2.75) is 5.60 Å². The smallest absolute Gasteiger partial charge is 0.252 e. The second kappa shape index (κ2) is 6.58. The number of hydrogen-bond donors (Lipinski definition) is 2. The molecular weight excluding hydrogens is 334 g/mol. The number of hydrogen-bond acceptors (Lipinski definition) is 4. The maximum absolute atomic E-state index is 12.3. The molecule has 3 aromatic rings. The molecule has 0 saturated carbocycles. The van der Waals surface area contributed by atoms with E-state index in [2.05, 4.69) is 5.32 Å². The maximum atomic E-state index is 12.3. The van der Waals surface area contributed by atoms with Crippen LogP contribution in [0.4, 0.5) is 0 Å². The number of amides is 1. The standard InChI is InChI=1S/C17H14ClNO3S/c18-14-5-2-1-4-13(14)16(20)19-11-17(21,12-7-9-23-10-12)15-6-3-8-22-15/h1-10,21H,11H2,(H,19,20)/t17-/m1/s1. The topological polar surface area (TPSA) is 62.5 Å². The lowest BCUT2D eigenvalue weighted by Gasteiger charge is -2.25. The van der Waals surface area contributed by atoms with Crippen LogP contribution in [-0.4, -0.2) is 17.6 Å². The van der Waals surface area contributed by atoms with Gasteiger partial charge in [0, 0.05) is 5.56 Å². The van der Waals surface area contributed by atoms with Gasteiger partial charge in [-0.1, -0.05) is 23.7 Å². The quantitative estimate of drug-likeness (QED) is 0.740. The minimum absolute atomic E-state index is 0.0265. The summed E-state index contributed by atoms with van der Waals surface area (Å²) in [6, 6.07) is 11.9. The maximum Gasteiger partial charge on any atom is 0.252 e. The van der Waals surface area contributed by atoms with E-state index in [1.165, 1.54) is 17.6 Å². The summed E-state index contributed by atoms with van der Waals surface area (Å²) >= 11 is 7.49. The summed E-state index contributed by atoms with van der Waals surface area (Å²) in [7, 11) is 0. The molecule has 0 aliphatic carbocycles. The molecule has 0 unspecified atom stereocenters. The number of nitrogens with one attached hydrogen (secondary N) is 1. The third-order valence-corrected chi connectivity index (χ3v) is 4.56. The monoisotopic (exact) mass is 347 g/mol. The van der Waals surface area contributed by atoms with Crippen molar-refractivity contribution in [3.63, 3.8) is 0 Å². The third kappa shape index (κ3) is 3.17. The van der Waals surface area contributed by atoms with Gasteiger partial charge in [0.1, 0.15) is 5.76 Å². The molecule has 0 saturated heterocycles. The van der Waals surface area contributed by atoms with E-state index in [4.69, 9.17) is 16.0 Å². The van der Waals surface area contributed by atoms with Crippen LogP contribution in [0.1, 0.15) is 21.7 Å². The van der Waals surface area contributed by atoms with Crippen LogP contribution in [0.2, 0.25) is 5.02 Å². The average Bonchev–Trinajstić information content (AvgIpc) is 3.25. The Labute approximate surface area is 142 Å². The average molecular weight is 348 g/mol. The first kappa shape index (κ1) is 15.8. The van der Waals surface area contributed by atoms with Crippen LogP contribution in [0.15, 0.2) is 63.9 Å². The van der Waals surface area contributed by atoms with Crippen LogP contribution >= 0.6 is 22.9 Å². The van der Waals surface area contributed by atoms with Crippen LogP contribution in [0.5, 0.6) is 0 Å². The summed E-state index contributed by atoms with van der Waals surface area (Å²) in [6.45, 7) is -0.0265. The number of halogens is 1. The van der Waals surface area contributed by atoms with E-state index < -0.39 is 5.60 Å². The second-order valence-electron chi connectivity index (χ2n) is 5.01. The van der Waals surface area contributed by atoms with Crippen molar-refractivity contribution >= 4 is 28.8 Å². The molecule has 1 atom stereocenters. The summed E-state index contributed by atoms with van der Waals surface area (Å²) in [5.41, 5.74) is -0.404. The minimum Gasteiger partial charge on any atom is -0.466 e. The summed E-state index contributed by atoms with van der Waals surface area (Å²) in [4.78, 5) is 12.3. The molecular formula is C17H14ClNO3S. The Morgan fingerprint density at radius 2 is 2.09 bits per heavy atom. The molecule has 3 rings (SSSR count). The van der Waals surface area contributed by atoms with Gasteiger partial charge < -0.3 is 14.8 Å². The van der Waals surface area contributed by atoms with Crippen molar-refractivity contribution < 1.29 is 14.3 Å². The van der Waals surface area contributed by atoms with Crippen molar-refractivity contribution in [2.75, 3.05) is 6.54 Å². The van der Waals surface area contributed by atoms with E-state index in [1.807, 2.05) is 10.8 Å². The van der Waals surface area contributed by atoms with Crippen LogP contribution in [0.25, 0.3) is 0 Å². The summed E-state index contributed by atoms with van der Waals surface area (Å²) < 4.78 is 5.36. The number of benzene rings is 1. The van der Waals surface area contributed by atoms with Gasteiger partial charge in [0.05, 0.1) is 23.4 Å². The molecule has 0 spiro atoms. The van der Waals surface area contributed by atoms with Gasteiger partial charge in [-0.25, -0.2) is 0 Å². The Morgan fingerprint density at radius 3 is 2.74 bits per heavy atom. The molecule has 0 fully saturated rings. The van der Waals surface area contributed by atoms with Crippen LogP contribution < -0.4 is 5.32 Å². The zero-order valence-corrected chi connectivity index (χ0v) is 13.6. The number of thiophene rings is 1.